The summed E-state index contributed by atoms with van der Waals surface area (Å²) < 4.78 is 4.98. The van der Waals surface area contributed by atoms with Crippen LogP contribution in [0.1, 0.15) is 33.1 Å². The number of hydrogen-bond donors (Lipinski definition) is 1. The molecule has 1 amide bonds. The number of amides is 1. The standard InChI is InChI=1S/C9H15NO3/c1-6(13-7(2)11)8-4-3-5-9(12)10-8/h6,8H,3-5H2,1-2H3,(H,10,12). The second-order valence-corrected chi connectivity index (χ2v) is 3.38. The van der Waals surface area contributed by atoms with Gasteiger partial charge in [-0.05, 0) is 19.8 Å². The molecule has 0 radical (unpaired) electrons. The lowest BCUT2D eigenvalue weighted by atomic mass is 10.0. The average Bonchev–Trinajstić information content (AvgIpc) is 2.03. The summed E-state index contributed by atoms with van der Waals surface area (Å²) in [6.07, 6.45) is 2.13. The lowest BCUT2D eigenvalue weighted by molar-refractivity contribution is -0.148. The second-order valence-electron chi connectivity index (χ2n) is 3.38. The number of ether oxygens (including phenoxy) is 1. The third kappa shape index (κ3) is 3.05. The van der Waals surface area contributed by atoms with Gasteiger partial charge in [0.15, 0.2) is 0 Å². The van der Waals surface area contributed by atoms with E-state index in [2.05, 4.69) is 5.32 Å². The highest BCUT2D eigenvalue weighted by atomic mass is 16.5. The van der Waals surface area contributed by atoms with E-state index in [0.717, 1.165) is 12.8 Å². The van der Waals surface area contributed by atoms with Gasteiger partial charge >= 0.3 is 5.97 Å². The van der Waals surface area contributed by atoms with E-state index in [0.29, 0.717) is 6.42 Å². The van der Waals surface area contributed by atoms with Crippen LogP contribution in [0.3, 0.4) is 0 Å². The molecule has 1 heterocycles. The minimum atomic E-state index is -0.299. The molecule has 1 rings (SSSR count). The van der Waals surface area contributed by atoms with Crippen LogP contribution in [0.5, 0.6) is 0 Å². The first-order valence-corrected chi connectivity index (χ1v) is 4.56. The number of esters is 1. The second kappa shape index (κ2) is 4.25. The van der Waals surface area contributed by atoms with Gasteiger partial charge in [-0.3, -0.25) is 9.59 Å². The van der Waals surface area contributed by atoms with Gasteiger partial charge in [0.2, 0.25) is 5.91 Å². The van der Waals surface area contributed by atoms with Gasteiger partial charge in [0.25, 0.3) is 0 Å². The molecule has 2 atom stereocenters. The summed E-state index contributed by atoms with van der Waals surface area (Å²) in [7, 11) is 0. The summed E-state index contributed by atoms with van der Waals surface area (Å²) >= 11 is 0. The molecule has 0 bridgehead atoms. The van der Waals surface area contributed by atoms with E-state index in [-0.39, 0.29) is 24.0 Å². The number of nitrogens with one attached hydrogen (secondary N) is 1. The van der Waals surface area contributed by atoms with Crippen LogP contribution in [-0.4, -0.2) is 24.0 Å². The zero-order valence-corrected chi connectivity index (χ0v) is 8.00. The summed E-state index contributed by atoms with van der Waals surface area (Å²) in [5.41, 5.74) is 0. The van der Waals surface area contributed by atoms with Gasteiger partial charge in [-0.15, -0.1) is 0 Å². The fourth-order valence-electron chi connectivity index (χ4n) is 1.53. The van der Waals surface area contributed by atoms with Crippen molar-refractivity contribution in [3.63, 3.8) is 0 Å². The van der Waals surface area contributed by atoms with Crippen LogP contribution >= 0.6 is 0 Å². The highest BCUT2D eigenvalue weighted by Gasteiger charge is 2.24. The van der Waals surface area contributed by atoms with Gasteiger partial charge in [0.1, 0.15) is 6.10 Å². The molecule has 2 unspecified atom stereocenters. The van der Waals surface area contributed by atoms with Gasteiger partial charge in [-0.1, -0.05) is 0 Å². The number of carbonyl (C=O) groups excluding carboxylic acids is 2. The van der Waals surface area contributed by atoms with E-state index in [9.17, 15) is 9.59 Å². The molecule has 1 saturated heterocycles. The Morgan fingerprint density at radius 1 is 1.69 bits per heavy atom. The van der Waals surface area contributed by atoms with E-state index in [4.69, 9.17) is 4.74 Å². The van der Waals surface area contributed by atoms with Gasteiger partial charge in [-0.25, -0.2) is 0 Å². The van der Waals surface area contributed by atoms with Crippen molar-refractivity contribution in [1.29, 1.82) is 0 Å². The van der Waals surface area contributed by atoms with E-state index in [1.54, 1.807) is 6.92 Å². The molecule has 1 N–H and O–H groups in total. The molecule has 1 aliphatic rings. The minimum Gasteiger partial charge on any atom is -0.461 e. The van der Waals surface area contributed by atoms with Gasteiger partial charge < -0.3 is 10.1 Å². The maximum atomic E-state index is 11.0. The number of carbonyl (C=O) groups is 2. The minimum absolute atomic E-state index is 0.00912. The monoisotopic (exact) mass is 185 g/mol. The molecular weight excluding hydrogens is 170 g/mol. The van der Waals surface area contributed by atoms with Crippen LogP contribution in [-0.2, 0) is 14.3 Å². The highest BCUT2D eigenvalue weighted by Crippen LogP contribution is 2.13. The molecule has 0 spiro atoms. The summed E-state index contributed by atoms with van der Waals surface area (Å²) in [6.45, 7) is 3.18. The van der Waals surface area contributed by atoms with Crippen molar-refractivity contribution in [2.24, 2.45) is 0 Å². The van der Waals surface area contributed by atoms with Crippen molar-refractivity contribution in [1.82, 2.24) is 5.32 Å². The molecule has 4 heteroatoms. The van der Waals surface area contributed by atoms with Crippen molar-refractivity contribution in [3.05, 3.63) is 0 Å². The number of hydrogen-bond acceptors (Lipinski definition) is 3. The van der Waals surface area contributed by atoms with Gasteiger partial charge in [-0.2, -0.15) is 0 Å². The third-order valence-electron chi connectivity index (χ3n) is 2.18. The van der Waals surface area contributed by atoms with Crippen molar-refractivity contribution in [2.75, 3.05) is 0 Å². The smallest absolute Gasteiger partial charge is 0.302 e. The lowest BCUT2D eigenvalue weighted by Gasteiger charge is -2.27. The van der Waals surface area contributed by atoms with Crippen molar-refractivity contribution < 1.29 is 14.3 Å². The zero-order valence-electron chi connectivity index (χ0n) is 8.00. The van der Waals surface area contributed by atoms with Crippen LogP contribution in [0.4, 0.5) is 0 Å². The fourth-order valence-corrected chi connectivity index (χ4v) is 1.53. The predicted octanol–water partition coefficient (Wildman–Crippen LogP) is 0.607. The number of rotatable bonds is 2. The molecule has 1 aliphatic heterocycles. The summed E-state index contributed by atoms with van der Waals surface area (Å²) in [5, 5.41) is 2.81. The Hall–Kier alpha value is -1.06. The molecule has 13 heavy (non-hydrogen) atoms. The Balaban J connectivity index is 2.41. The summed E-state index contributed by atoms with van der Waals surface area (Å²) in [6, 6.07) is -0.00912. The number of piperidine rings is 1. The van der Waals surface area contributed by atoms with Crippen molar-refractivity contribution in [2.45, 2.75) is 45.3 Å². The Kier molecular flexibility index (Phi) is 3.28. The van der Waals surface area contributed by atoms with E-state index in [1.807, 2.05) is 0 Å². The van der Waals surface area contributed by atoms with Crippen molar-refractivity contribution >= 4 is 11.9 Å². The van der Waals surface area contributed by atoms with Crippen LogP contribution in [0, 0.1) is 0 Å². The third-order valence-corrected chi connectivity index (χ3v) is 2.18. The first-order chi connectivity index (χ1) is 6.09. The van der Waals surface area contributed by atoms with Gasteiger partial charge in [0, 0.05) is 13.3 Å². The first kappa shape index (κ1) is 10.0. The Morgan fingerprint density at radius 2 is 2.38 bits per heavy atom. The molecule has 1 fully saturated rings. The molecule has 4 nitrogen and oxygen atoms in total. The Labute approximate surface area is 77.6 Å². The predicted molar refractivity (Wildman–Crippen MR) is 47.0 cm³/mol. The average molecular weight is 185 g/mol. The summed E-state index contributed by atoms with van der Waals surface area (Å²) in [5.74, 6) is -0.248. The molecule has 0 aromatic heterocycles. The van der Waals surface area contributed by atoms with Crippen LogP contribution in [0.25, 0.3) is 0 Å². The normalized spacial score (nSPS) is 24.8. The van der Waals surface area contributed by atoms with Crippen LogP contribution in [0.2, 0.25) is 0 Å². The maximum absolute atomic E-state index is 11.0. The quantitative estimate of drug-likeness (QED) is 0.641. The molecule has 0 aliphatic carbocycles. The summed E-state index contributed by atoms with van der Waals surface area (Å²) in [4.78, 5) is 21.7. The Bertz CT molecular complexity index is 215. The molecule has 0 saturated carbocycles. The Morgan fingerprint density at radius 3 is 2.92 bits per heavy atom. The highest BCUT2D eigenvalue weighted by molar-refractivity contribution is 5.77. The van der Waals surface area contributed by atoms with E-state index >= 15 is 0 Å². The van der Waals surface area contributed by atoms with Gasteiger partial charge in [0.05, 0.1) is 6.04 Å². The maximum Gasteiger partial charge on any atom is 0.302 e. The largest absolute Gasteiger partial charge is 0.461 e. The van der Waals surface area contributed by atoms with E-state index in [1.165, 1.54) is 6.92 Å². The lowest BCUT2D eigenvalue weighted by Crippen LogP contribution is -2.46. The molecular formula is C9H15NO3. The molecule has 0 aromatic rings. The molecule has 0 aromatic carbocycles. The first-order valence-electron chi connectivity index (χ1n) is 4.56. The molecule has 74 valence electrons. The fraction of sp³-hybridized carbons (Fsp3) is 0.778. The van der Waals surface area contributed by atoms with E-state index < -0.39 is 0 Å². The zero-order chi connectivity index (χ0) is 9.84. The van der Waals surface area contributed by atoms with Crippen molar-refractivity contribution in [3.8, 4) is 0 Å². The van der Waals surface area contributed by atoms with Crippen LogP contribution < -0.4 is 5.32 Å². The van der Waals surface area contributed by atoms with Crippen LogP contribution in [0.15, 0.2) is 0 Å². The topological polar surface area (TPSA) is 55.4 Å². The SMILES string of the molecule is CC(=O)OC(C)C1CCCC(=O)N1.